The van der Waals surface area contributed by atoms with E-state index in [-0.39, 0.29) is 0 Å². The highest BCUT2D eigenvalue weighted by molar-refractivity contribution is 5.47. The minimum atomic E-state index is 0.580. The summed E-state index contributed by atoms with van der Waals surface area (Å²) in [6.45, 7) is 4.73. The molecule has 2 heterocycles. The minimum Gasteiger partial charge on any atom is -0.367 e. The molecule has 1 aromatic rings. The van der Waals surface area contributed by atoms with Crippen LogP contribution in [0.3, 0.4) is 0 Å². The van der Waals surface area contributed by atoms with Gasteiger partial charge in [0.2, 0.25) is 0 Å². The van der Waals surface area contributed by atoms with Crippen molar-refractivity contribution in [3.63, 3.8) is 0 Å². The van der Waals surface area contributed by atoms with E-state index in [0.29, 0.717) is 12.1 Å². The number of likely N-dealkylation sites (tertiary alicyclic amines) is 1. The summed E-state index contributed by atoms with van der Waals surface area (Å²) in [5.74, 6) is 1.14. The molecule has 1 N–H and O–H groups in total. The maximum atomic E-state index is 4.60. The Kier molecular flexibility index (Phi) is 4.02. The molecule has 1 aromatic heterocycles. The molecule has 1 aliphatic heterocycles. The first-order chi connectivity index (χ1) is 9.38. The Labute approximate surface area is 116 Å². The first-order valence-corrected chi connectivity index (χ1v) is 7.84. The van der Waals surface area contributed by atoms with Crippen LogP contribution in [0.25, 0.3) is 0 Å². The quantitative estimate of drug-likeness (QED) is 0.876. The highest BCUT2D eigenvalue weighted by atomic mass is 15.2. The summed E-state index contributed by atoms with van der Waals surface area (Å²) >= 11 is 0. The van der Waals surface area contributed by atoms with E-state index in [1.165, 1.54) is 57.2 Å². The van der Waals surface area contributed by atoms with Gasteiger partial charge in [-0.05, 0) is 57.7 Å². The summed E-state index contributed by atoms with van der Waals surface area (Å²) in [5.41, 5.74) is 1.42. The summed E-state index contributed by atoms with van der Waals surface area (Å²) in [6, 6.07) is 5.60. The number of pyridine rings is 1. The number of hydrogen-bond acceptors (Lipinski definition) is 3. The molecule has 1 atom stereocenters. The third kappa shape index (κ3) is 2.76. The molecule has 1 saturated carbocycles. The third-order valence-electron chi connectivity index (χ3n) is 4.52. The molecule has 2 fully saturated rings. The molecule has 0 aromatic carbocycles. The Balaban J connectivity index is 1.78. The topological polar surface area (TPSA) is 28.2 Å². The molecule has 0 spiro atoms. The zero-order chi connectivity index (χ0) is 13.1. The van der Waals surface area contributed by atoms with Crippen LogP contribution in [0.5, 0.6) is 0 Å². The van der Waals surface area contributed by atoms with Gasteiger partial charge in [-0.2, -0.15) is 0 Å². The van der Waals surface area contributed by atoms with Gasteiger partial charge in [-0.1, -0.05) is 13.0 Å². The Morgan fingerprint density at radius 2 is 2.21 bits per heavy atom. The zero-order valence-corrected chi connectivity index (χ0v) is 11.9. The second kappa shape index (κ2) is 5.91. The van der Waals surface area contributed by atoms with Gasteiger partial charge < -0.3 is 5.32 Å². The lowest BCUT2D eigenvalue weighted by Crippen LogP contribution is -2.30. The fraction of sp³-hybridized carbons (Fsp3) is 0.688. The summed E-state index contributed by atoms with van der Waals surface area (Å²) in [6.07, 6.45) is 9.74. The van der Waals surface area contributed by atoms with Gasteiger partial charge >= 0.3 is 0 Å². The van der Waals surface area contributed by atoms with E-state index in [9.17, 15) is 0 Å². The van der Waals surface area contributed by atoms with Crippen LogP contribution in [0.15, 0.2) is 18.3 Å². The molecule has 0 radical (unpaired) electrons. The van der Waals surface area contributed by atoms with Gasteiger partial charge in [0.05, 0.1) is 0 Å². The van der Waals surface area contributed by atoms with Crippen LogP contribution in [0.2, 0.25) is 0 Å². The predicted octanol–water partition coefficient (Wildman–Crippen LogP) is 3.59. The van der Waals surface area contributed by atoms with Gasteiger partial charge in [0, 0.05) is 23.8 Å². The first kappa shape index (κ1) is 12.9. The van der Waals surface area contributed by atoms with Gasteiger partial charge in [-0.3, -0.25) is 4.90 Å². The van der Waals surface area contributed by atoms with Crippen molar-refractivity contribution in [3.8, 4) is 0 Å². The smallest absolute Gasteiger partial charge is 0.130 e. The molecule has 0 amide bonds. The second-order valence-electron chi connectivity index (χ2n) is 5.91. The maximum absolute atomic E-state index is 4.60. The van der Waals surface area contributed by atoms with Crippen molar-refractivity contribution in [2.45, 2.75) is 57.5 Å². The molecule has 3 rings (SSSR count). The van der Waals surface area contributed by atoms with E-state index < -0.39 is 0 Å². The number of nitrogens with one attached hydrogen (secondary N) is 1. The monoisotopic (exact) mass is 259 g/mol. The standard InChI is InChI=1S/C16H25N3/c1-2-11-19-12-5-9-15(19)14-8-4-10-17-16(14)18-13-6-3-7-13/h4,8,10,13,15H,2-3,5-7,9,11-12H2,1H3,(H,17,18)/t15-/m1/s1. The zero-order valence-electron chi connectivity index (χ0n) is 11.9. The molecule has 3 heteroatoms. The van der Waals surface area contributed by atoms with E-state index in [2.05, 4.69) is 34.3 Å². The Morgan fingerprint density at radius 1 is 1.32 bits per heavy atom. The van der Waals surface area contributed by atoms with E-state index in [4.69, 9.17) is 0 Å². The van der Waals surface area contributed by atoms with Crippen LogP contribution in [-0.2, 0) is 0 Å². The lowest BCUT2D eigenvalue weighted by molar-refractivity contribution is 0.258. The van der Waals surface area contributed by atoms with E-state index >= 15 is 0 Å². The van der Waals surface area contributed by atoms with E-state index in [1.54, 1.807) is 0 Å². The van der Waals surface area contributed by atoms with E-state index in [0.717, 1.165) is 5.82 Å². The molecular formula is C16H25N3. The summed E-state index contributed by atoms with van der Waals surface area (Å²) in [4.78, 5) is 7.23. The highest BCUT2D eigenvalue weighted by Gasteiger charge is 2.28. The van der Waals surface area contributed by atoms with Crippen LogP contribution in [0.1, 0.15) is 57.1 Å². The van der Waals surface area contributed by atoms with Crippen LogP contribution in [0.4, 0.5) is 5.82 Å². The minimum absolute atomic E-state index is 0.580. The number of aromatic nitrogens is 1. The fourth-order valence-electron chi connectivity index (χ4n) is 3.29. The number of rotatable bonds is 5. The van der Waals surface area contributed by atoms with Gasteiger partial charge in [0.1, 0.15) is 5.82 Å². The predicted molar refractivity (Wildman–Crippen MR) is 79.3 cm³/mol. The summed E-state index contributed by atoms with van der Waals surface area (Å²) < 4.78 is 0. The number of hydrogen-bond donors (Lipinski definition) is 1. The largest absolute Gasteiger partial charge is 0.367 e. The molecule has 1 aliphatic carbocycles. The van der Waals surface area contributed by atoms with Crippen molar-refractivity contribution in [2.24, 2.45) is 0 Å². The molecular weight excluding hydrogens is 234 g/mol. The van der Waals surface area contributed by atoms with Gasteiger partial charge in [-0.25, -0.2) is 4.98 Å². The van der Waals surface area contributed by atoms with Crippen molar-refractivity contribution >= 4 is 5.82 Å². The third-order valence-corrected chi connectivity index (χ3v) is 4.52. The normalized spacial score (nSPS) is 24.4. The lowest BCUT2D eigenvalue weighted by Gasteiger charge is -2.30. The molecule has 104 valence electrons. The number of anilines is 1. The Morgan fingerprint density at radius 3 is 2.95 bits per heavy atom. The SMILES string of the molecule is CCCN1CCC[C@@H]1c1cccnc1NC1CCC1. The Bertz CT molecular complexity index is 414. The average Bonchev–Trinajstić information content (AvgIpc) is 2.83. The van der Waals surface area contributed by atoms with Crippen molar-refractivity contribution < 1.29 is 0 Å². The lowest BCUT2D eigenvalue weighted by atomic mass is 9.92. The maximum Gasteiger partial charge on any atom is 0.130 e. The molecule has 1 saturated heterocycles. The van der Waals surface area contributed by atoms with Gasteiger partial charge in [-0.15, -0.1) is 0 Å². The molecule has 3 nitrogen and oxygen atoms in total. The van der Waals surface area contributed by atoms with Gasteiger partial charge in [0.15, 0.2) is 0 Å². The molecule has 0 unspecified atom stereocenters. The molecule has 2 aliphatic rings. The second-order valence-corrected chi connectivity index (χ2v) is 5.91. The van der Waals surface area contributed by atoms with E-state index in [1.807, 2.05) is 6.20 Å². The van der Waals surface area contributed by atoms with Crippen molar-refractivity contribution in [2.75, 3.05) is 18.4 Å². The molecule has 0 bridgehead atoms. The number of nitrogens with zero attached hydrogens (tertiary/aromatic N) is 2. The summed E-state index contributed by atoms with van der Waals surface area (Å²) in [5, 5.41) is 3.65. The Hall–Kier alpha value is -1.09. The van der Waals surface area contributed by atoms with Gasteiger partial charge in [0.25, 0.3) is 0 Å². The van der Waals surface area contributed by atoms with Crippen molar-refractivity contribution in [1.29, 1.82) is 0 Å². The van der Waals surface area contributed by atoms with Crippen molar-refractivity contribution in [1.82, 2.24) is 9.88 Å². The first-order valence-electron chi connectivity index (χ1n) is 7.84. The summed E-state index contributed by atoms with van der Waals surface area (Å²) in [7, 11) is 0. The van der Waals surface area contributed by atoms with Crippen LogP contribution in [0, 0.1) is 0 Å². The average molecular weight is 259 g/mol. The van der Waals surface area contributed by atoms with Crippen LogP contribution >= 0.6 is 0 Å². The fourth-order valence-corrected chi connectivity index (χ4v) is 3.29. The van der Waals surface area contributed by atoms with Crippen molar-refractivity contribution in [3.05, 3.63) is 23.9 Å². The highest BCUT2D eigenvalue weighted by Crippen LogP contribution is 2.36. The van der Waals surface area contributed by atoms with Crippen LogP contribution < -0.4 is 5.32 Å². The van der Waals surface area contributed by atoms with Crippen LogP contribution in [-0.4, -0.2) is 29.0 Å². The molecule has 19 heavy (non-hydrogen) atoms.